The number of carbonyl (C=O) groups excluding carboxylic acids is 2. The van der Waals surface area contributed by atoms with E-state index >= 15 is 0 Å². The smallest absolute Gasteiger partial charge is 0.254 e. The van der Waals surface area contributed by atoms with Crippen molar-refractivity contribution in [2.75, 3.05) is 26.8 Å². The summed E-state index contributed by atoms with van der Waals surface area (Å²) in [5.41, 5.74) is 0.207. The van der Waals surface area contributed by atoms with E-state index in [4.69, 9.17) is 4.74 Å². The van der Waals surface area contributed by atoms with Crippen LogP contribution in [-0.2, 0) is 4.79 Å². The average molecular weight is 310 g/mol. The van der Waals surface area contributed by atoms with Crippen molar-refractivity contribution >= 4 is 11.8 Å². The molecule has 7 heteroatoms. The van der Waals surface area contributed by atoms with Crippen LogP contribution >= 0.6 is 0 Å². The van der Waals surface area contributed by atoms with E-state index in [1.165, 1.54) is 31.1 Å². The van der Waals surface area contributed by atoms with E-state index in [0.29, 0.717) is 6.54 Å². The van der Waals surface area contributed by atoms with E-state index in [1.54, 1.807) is 0 Å². The molecule has 0 radical (unpaired) electrons. The third-order valence-corrected chi connectivity index (χ3v) is 3.75. The summed E-state index contributed by atoms with van der Waals surface area (Å²) in [6.07, 6.45) is 0. The molecule has 0 unspecified atom stereocenters. The predicted octanol–water partition coefficient (Wildman–Crippen LogP) is 0.403. The summed E-state index contributed by atoms with van der Waals surface area (Å²) < 4.78 is 18.5. The molecular weight excluding hydrogens is 291 g/mol. The van der Waals surface area contributed by atoms with E-state index in [-0.39, 0.29) is 48.2 Å². The van der Waals surface area contributed by atoms with Crippen molar-refractivity contribution in [3.05, 3.63) is 29.6 Å². The fourth-order valence-electron chi connectivity index (χ4n) is 2.63. The first-order valence-electron chi connectivity index (χ1n) is 6.97. The lowest BCUT2D eigenvalue weighted by Crippen LogP contribution is -2.40. The van der Waals surface area contributed by atoms with Crippen LogP contribution < -0.4 is 10.1 Å². The normalized spacial score (nSPS) is 20.8. The summed E-state index contributed by atoms with van der Waals surface area (Å²) in [5.74, 6) is -1.32. The molecular formula is C15H19FN2O4. The van der Waals surface area contributed by atoms with Gasteiger partial charge in [-0.25, -0.2) is 4.39 Å². The Bertz CT molecular complexity index is 579. The average Bonchev–Trinajstić information content (AvgIpc) is 2.88. The van der Waals surface area contributed by atoms with Crippen LogP contribution in [0.3, 0.4) is 0 Å². The lowest BCUT2D eigenvalue weighted by atomic mass is 10.1. The number of hydrogen-bond acceptors (Lipinski definition) is 4. The molecule has 0 bridgehead atoms. The number of aliphatic hydroxyl groups is 1. The molecule has 0 saturated carbocycles. The van der Waals surface area contributed by atoms with Gasteiger partial charge >= 0.3 is 0 Å². The zero-order valence-corrected chi connectivity index (χ0v) is 12.5. The predicted molar refractivity (Wildman–Crippen MR) is 77.0 cm³/mol. The monoisotopic (exact) mass is 310 g/mol. The fraction of sp³-hybridized carbons (Fsp3) is 0.467. The maximum atomic E-state index is 13.7. The van der Waals surface area contributed by atoms with Crippen molar-refractivity contribution in [3.8, 4) is 5.75 Å². The molecule has 2 rings (SSSR count). The number of methoxy groups -OCH3 is 1. The number of amides is 2. The topological polar surface area (TPSA) is 78.9 Å². The maximum Gasteiger partial charge on any atom is 0.254 e. The Labute approximate surface area is 127 Å². The number of likely N-dealkylation sites (tertiary alicyclic amines) is 1. The number of ether oxygens (including phenoxy) is 1. The van der Waals surface area contributed by atoms with E-state index in [9.17, 15) is 19.1 Å². The van der Waals surface area contributed by atoms with Gasteiger partial charge in [0.2, 0.25) is 5.91 Å². The summed E-state index contributed by atoms with van der Waals surface area (Å²) in [7, 11) is 1.35. The molecule has 0 aromatic heterocycles. The number of hydrogen-bond donors (Lipinski definition) is 2. The second-order valence-corrected chi connectivity index (χ2v) is 5.31. The molecule has 1 aromatic carbocycles. The highest BCUT2D eigenvalue weighted by atomic mass is 19.1. The van der Waals surface area contributed by atoms with Crippen LogP contribution in [0.1, 0.15) is 17.3 Å². The molecule has 1 heterocycles. The molecule has 1 saturated heterocycles. The van der Waals surface area contributed by atoms with Crippen LogP contribution in [0.2, 0.25) is 0 Å². The standard InChI is InChI=1S/C15H19FN2O4/c1-9(20)17-13-7-18(6-11(13)8-19)15(21)10-3-4-14(22-2)12(16)5-10/h3-5,11,13,19H,6-8H2,1-2H3,(H,17,20)/t11-,13+/m0/s1. The Morgan fingerprint density at radius 3 is 2.73 bits per heavy atom. The van der Waals surface area contributed by atoms with Crippen molar-refractivity contribution in [3.63, 3.8) is 0 Å². The lowest BCUT2D eigenvalue weighted by Gasteiger charge is -2.17. The van der Waals surface area contributed by atoms with E-state index in [1.807, 2.05) is 0 Å². The van der Waals surface area contributed by atoms with Crippen LogP contribution in [0.25, 0.3) is 0 Å². The molecule has 120 valence electrons. The highest BCUT2D eigenvalue weighted by molar-refractivity contribution is 5.94. The Morgan fingerprint density at radius 2 is 2.18 bits per heavy atom. The van der Waals surface area contributed by atoms with E-state index < -0.39 is 5.82 Å². The third-order valence-electron chi connectivity index (χ3n) is 3.75. The Hall–Kier alpha value is -2.15. The van der Waals surface area contributed by atoms with Crippen molar-refractivity contribution < 1.29 is 23.8 Å². The van der Waals surface area contributed by atoms with Gasteiger partial charge in [-0.1, -0.05) is 0 Å². The minimum atomic E-state index is -0.607. The van der Waals surface area contributed by atoms with Gasteiger partial charge in [0.1, 0.15) is 0 Å². The first-order valence-corrected chi connectivity index (χ1v) is 6.97. The minimum absolute atomic E-state index is 0.0716. The number of aliphatic hydroxyl groups excluding tert-OH is 1. The SMILES string of the molecule is COc1ccc(C(=O)N2C[C@@H](CO)[C@H](NC(C)=O)C2)cc1F. The van der Waals surface area contributed by atoms with Crippen LogP contribution in [0.15, 0.2) is 18.2 Å². The largest absolute Gasteiger partial charge is 0.494 e. The number of nitrogens with zero attached hydrogens (tertiary/aromatic N) is 1. The van der Waals surface area contributed by atoms with Crippen LogP contribution in [0.4, 0.5) is 4.39 Å². The van der Waals surface area contributed by atoms with Crippen molar-refractivity contribution in [2.45, 2.75) is 13.0 Å². The van der Waals surface area contributed by atoms with Crippen molar-refractivity contribution in [1.29, 1.82) is 0 Å². The van der Waals surface area contributed by atoms with Crippen LogP contribution in [0.5, 0.6) is 5.75 Å². The number of benzene rings is 1. The van der Waals surface area contributed by atoms with Crippen LogP contribution in [0, 0.1) is 11.7 Å². The van der Waals surface area contributed by atoms with Gasteiger partial charge in [0, 0.05) is 38.1 Å². The molecule has 22 heavy (non-hydrogen) atoms. The van der Waals surface area contributed by atoms with Gasteiger partial charge in [-0.15, -0.1) is 0 Å². The number of halogens is 1. The zero-order chi connectivity index (χ0) is 16.3. The van der Waals surface area contributed by atoms with Crippen molar-refractivity contribution in [1.82, 2.24) is 10.2 Å². The molecule has 2 atom stereocenters. The summed E-state index contributed by atoms with van der Waals surface area (Å²) in [5, 5.41) is 12.1. The maximum absolute atomic E-state index is 13.7. The van der Waals surface area contributed by atoms with Crippen LogP contribution in [-0.4, -0.2) is 54.7 Å². The molecule has 6 nitrogen and oxygen atoms in total. The van der Waals surface area contributed by atoms with Gasteiger partial charge in [-0.3, -0.25) is 9.59 Å². The van der Waals surface area contributed by atoms with Crippen molar-refractivity contribution in [2.24, 2.45) is 5.92 Å². The van der Waals surface area contributed by atoms with Gasteiger partial charge in [-0.05, 0) is 18.2 Å². The number of rotatable bonds is 4. The summed E-state index contributed by atoms with van der Waals surface area (Å²) in [6, 6.07) is 3.72. The highest BCUT2D eigenvalue weighted by Gasteiger charge is 2.35. The molecule has 2 amide bonds. The lowest BCUT2D eigenvalue weighted by molar-refractivity contribution is -0.119. The highest BCUT2D eigenvalue weighted by Crippen LogP contribution is 2.22. The van der Waals surface area contributed by atoms with Gasteiger partial charge < -0.3 is 20.1 Å². The van der Waals surface area contributed by atoms with E-state index in [0.717, 1.165) is 6.07 Å². The zero-order valence-electron chi connectivity index (χ0n) is 12.5. The molecule has 2 N–H and O–H groups in total. The van der Waals surface area contributed by atoms with Gasteiger partial charge in [0.25, 0.3) is 5.91 Å². The number of carbonyl (C=O) groups is 2. The summed E-state index contributed by atoms with van der Waals surface area (Å²) >= 11 is 0. The Balaban J connectivity index is 2.13. The molecule has 0 spiro atoms. The first kappa shape index (κ1) is 16.2. The van der Waals surface area contributed by atoms with Gasteiger partial charge in [0.05, 0.1) is 13.2 Å². The minimum Gasteiger partial charge on any atom is -0.494 e. The Kier molecular flexibility index (Phi) is 4.97. The Morgan fingerprint density at radius 1 is 1.45 bits per heavy atom. The second kappa shape index (κ2) is 6.74. The summed E-state index contributed by atoms with van der Waals surface area (Å²) in [6.45, 7) is 1.86. The molecule has 1 aliphatic rings. The molecule has 1 aliphatic heterocycles. The number of nitrogens with one attached hydrogen (secondary N) is 1. The first-order chi connectivity index (χ1) is 10.5. The van der Waals surface area contributed by atoms with Gasteiger partial charge in [-0.2, -0.15) is 0 Å². The second-order valence-electron chi connectivity index (χ2n) is 5.31. The quantitative estimate of drug-likeness (QED) is 0.844. The fourth-order valence-corrected chi connectivity index (χ4v) is 2.63. The van der Waals surface area contributed by atoms with Gasteiger partial charge in [0.15, 0.2) is 11.6 Å². The molecule has 1 fully saturated rings. The molecule has 1 aromatic rings. The summed E-state index contributed by atoms with van der Waals surface area (Å²) in [4.78, 5) is 25.1. The molecule has 0 aliphatic carbocycles. The van der Waals surface area contributed by atoms with E-state index in [2.05, 4.69) is 5.32 Å². The third kappa shape index (κ3) is 3.36.